The van der Waals surface area contributed by atoms with Gasteiger partial charge in [-0.05, 0) is 13.3 Å². The van der Waals surface area contributed by atoms with Crippen LogP contribution in [0.25, 0.3) is 0 Å². The molecule has 0 saturated carbocycles. The zero-order valence-electron chi connectivity index (χ0n) is 8.55. The van der Waals surface area contributed by atoms with E-state index in [1.165, 1.54) is 0 Å². The largest absolute Gasteiger partial charge is 0.396 e. The number of aliphatic hydroxyl groups excluding tert-OH is 1. The topological polar surface area (TPSA) is 79.0 Å². The first-order valence-electron chi connectivity index (χ1n) is 4.68. The van der Waals surface area contributed by atoms with Crippen LogP contribution in [-0.4, -0.2) is 28.3 Å². The van der Waals surface area contributed by atoms with Gasteiger partial charge in [-0.3, -0.25) is 0 Å². The molecule has 0 radical (unpaired) electrons. The van der Waals surface area contributed by atoms with Crippen molar-refractivity contribution in [2.75, 3.05) is 13.2 Å². The third kappa shape index (κ3) is 3.62. The van der Waals surface area contributed by atoms with Crippen molar-refractivity contribution >= 4 is 0 Å². The standard InChI is InChI=1S/C10H13N3O2/c1-8-12-6-9(7-13-8)10(5-11)15-4-2-3-14/h6-7,10,14H,2-4H2,1H3. The van der Waals surface area contributed by atoms with Gasteiger partial charge in [0, 0.05) is 24.6 Å². The predicted octanol–water partition coefficient (Wildman–Crippen LogP) is 0.749. The monoisotopic (exact) mass is 207 g/mol. The number of nitrogens with zero attached hydrogens (tertiary/aromatic N) is 3. The molecule has 1 atom stereocenters. The van der Waals surface area contributed by atoms with Gasteiger partial charge < -0.3 is 9.84 Å². The number of nitriles is 1. The van der Waals surface area contributed by atoms with Crippen molar-refractivity contribution in [2.45, 2.75) is 19.4 Å². The Kier molecular flexibility index (Phi) is 4.68. The molecule has 80 valence electrons. The summed E-state index contributed by atoms with van der Waals surface area (Å²) < 4.78 is 5.26. The average Bonchev–Trinajstić information content (AvgIpc) is 2.26. The van der Waals surface area contributed by atoms with Crippen LogP contribution in [0.4, 0.5) is 0 Å². The van der Waals surface area contributed by atoms with E-state index in [0.717, 1.165) is 0 Å². The molecular weight excluding hydrogens is 194 g/mol. The van der Waals surface area contributed by atoms with E-state index in [1.807, 2.05) is 6.07 Å². The Morgan fingerprint density at radius 3 is 2.73 bits per heavy atom. The first kappa shape index (κ1) is 11.6. The summed E-state index contributed by atoms with van der Waals surface area (Å²) in [6, 6.07) is 2.01. The Morgan fingerprint density at radius 2 is 2.20 bits per heavy atom. The maximum absolute atomic E-state index is 8.86. The smallest absolute Gasteiger partial charge is 0.172 e. The van der Waals surface area contributed by atoms with E-state index in [-0.39, 0.29) is 6.61 Å². The molecule has 0 aliphatic heterocycles. The Labute approximate surface area is 88.4 Å². The van der Waals surface area contributed by atoms with Crippen molar-refractivity contribution in [3.05, 3.63) is 23.8 Å². The molecule has 0 aliphatic rings. The van der Waals surface area contributed by atoms with Gasteiger partial charge in [0.1, 0.15) is 5.82 Å². The zero-order chi connectivity index (χ0) is 11.1. The summed E-state index contributed by atoms with van der Waals surface area (Å²) >= 11 is 0. The fraction of sp³-hybridized carbons (Fsp3) is 0.500. The summed E-state index contributed by atoms with van der Waals surface area (Å²) in [6.07, 6.45) is 3.02. The number of aliphatic hydroxyl groups is 1. The highest BCUT2D eigenvalue weighted by Gasteiger charge is 2.11. The van der Waals surface area contributed by atoms with Crippen LogP contribution in [-0.2, 0) is 4.74 Å². The quantitative estimate of drug-likeness (QED) is 0.721. The van der Waals surface area contributed by atoms with Crippen molar-refractivity contribution in [3.63, 3.8) is 0 Å². The molecule has 1 N–H and O–H groups in total. The lowest BCUT2D eigenvalue weighted by molar-refractivity contribution is 0.0769. The van der Waals surface area contributed by atoms with Crippen molar-refractivity contribution < 1.29 is 9.84 Å². The molecule has 0 saturated heterocycles. The van der Waals surface area contributed by atoms with Crippen molar-refractivity contribution in [2.24, 2.45) is 0 Å². The van der Waals surface area contributed by atoms with Crippen LogP contribution in [0.5, 0.6) is 0 Å². The number of hydrogen-bond acceptors (Lipinski definition) is 5. The van der Waals surface area contributed by atoms with E-state index in [2.05, 4.69) is 9.97 Å². The Bertz CT molecular complexity index is 332. The Hall–Kier alpha value is -1.51. The molecule has 5 heteroatoms. The normalized spacial score (nSPS) is 12.1. The third-order valence-corrected chi connectivity index (χ3v) is 1.81. The van der Waals surface area contributed by atoms with E-state index in [0.29, 0.717) is 24.4 Å². The van der Waals surface area contributed by atoms with Crippen LogP contribution in [0.1, 0.15) is 23.9 Å². The van der Waals surface area contributed by atoms with Gasteiger partial charge in [0.25, 0.3) is 0 Å². The second-order valence-electron chi connectivity index (χ2n) is 3.02. The van der Waals surface area contributed by atoms with E-state index in [4.69, 9.17) is 15.1 Å². The summed E-state index contributed by atoms with van der Waals surface area (Å²) in [7, 11) is 0. The second kappa shape index (κ2) is 6.06. The first-order valence-corrected chi connectivity index (χ1v) is 4.68. The highest BCUT2D eigenvalue weighted by molar-refractivity contribution is 5.15. The van der Waals surface area contributed by atoms with Crippen LogP contribution >= 0.6 is 0 Å². The molecule has 15 heavy (non-hydrogen) atoms. The van der Waals surface area contributed by atoms with Gasteiger partial charge in [-0.15, -0.1) is 0 Å². The Morgan fingerprint density at radius 1 is 1.53 bits per heavy atom. The Balaban J connectivity index is 2.59. The first-order chi connectivity index (χ1) is 7.27. The lowest BCUT2D eigenvalue weighted by atomic mass is 10.2. The van der Waals surface area contributed by atoms with Crippen LogP contribution < -0.4 is 0 Å². The third-order valence-electron chi connectivity index (χ3n) is 1.81. The highest BCUT2D eigenvalue weighted by Crippen LogP contribution is 2.14. The average molecular weight is 207 g/mol. The minimum atomic E-state index is -0.655. The lowest BCUT2D eigenvalue weighted by Gasteiger charge is -2.09. The second-order valence-corrected chi connectivity index (χ2v) is 3.02. The molecule has 5 nitrogen and oxygen atoms in total. The molecule has 0 aliphatic carbocycles. The summed E-state index contributed by atoms with van der Waals surface area (Å²) in [6.45, 7) is 2.18. The molecule has 1 unspecified atom stereocenters. The zero-order valence-corrected chi connectivity index (χ0v) is 8.55. The summed E-state index contributed by atoms with van der Waals surface area (Å²) in [5, 5.41) is 17.4. The maximum Gasteiger partial charge on any atom is 0.172 e. The van der Waals surface area contributed by atoms with Crippen molar-refractivity contribution in [3.8, 4) is 6.07 Å². The predicted molar refractivity (Wildman–Crippen MR) is 52.8 cm³/mol. The number of hydrogen-bond donors (Lipinski definition) is 1. The van der Waals surface area contributed by atoms with Gasteiger partial charge in [-0.25, -0.2) is 9.97 Å². The van der Waals surface area contributed by atoms with Gasteiger partial charge in [-0.2, -0.15) is 5.26 Å². The molecule has 0 fully saturated rings. The number of aromatic nitrogens is 2. The molecule has 1 rings (SSSR count). The van der Waals surface area contributed by atoms with E-state index in [9.17, 15) is 0 Å². The van der Waals surface area contributed by atoms with Gasteiger partial charge in [0.05, 0.1) is 12.7 Å². The van der Waals surface area contributed by atoms with Crippen molar-refractivity contribution in [1.29, 1.82) is 5.26 Å². The summed E-state index contributed by atoms with van der Waals surface area (Å²) in [5.41, 5.74) is 0.640. The van der Waals surface area contributed by atoms with Gasteiger partial charge in [-0.1, -0.05) is 0 Å². The fourth-order valence-electron chi connectivity index (χ4n) is 1.01. The van der Waals surface area contributed by atoms with Crippen molar-refractivity contribution in [1.82, 2.24) is 9.97 Å². The van der Waals surface area contributed by atoms with Gasteiger partial charge >= 0.3 is 0 Å². The van der Waals surface area contributed by atoms with Crippen LogP contribution in [0.2, 0.25) is 0 Å². The maximum atomic E-state index is 8.86. The summed E-state index contributed by atoms with van der Waals surface area (Å²) in [4.78, 5) is 7.97. The van der Waals surface area contributed by atoms with Gasteiger partial charge in [0.15, 0.2) is 6.10 Å². The number of rotatable bonds is 5. The van der Waals surface area contributed by atoms with Crippen LogP contribution in [0.15, 0.2) is 12.4 Å². The summed E-state index contributed by atoms with van der Waals surface area (Å²) in [5.74, 6) is 0.658. The SMILES string of the molecule is Cc1ncc(C(C#N)OCCCO)cn1. The van der Waals surface area contributed by atoms with E-state index < -0.39 is 6.10 Å². The fourth-order valence-corrected chi connectivity index (χ4v) is 1.01. The molecule has 0 aromatic carbocycles. The number of ether oxygens (including phenoxy) is 1. The lowest BCUT2D eigenvalue weighted by Crippen LogP contribution is -2.06. The van der Waals surface area contributed by atoms with Crippen LogP contribution in [0.3, 0.4) is 0 Å². The molecule has 0 spiro atoms. The van der Waals surface area contributed by atoms with Crippen LogP contribution in [0, 0.1) is 18.3 Å². The minimum Gasteiger partial charge on any atom is -0.396 e. The minimum absolute atomic E-state index is 0.0581. The molecule has 1 aromatic rings. The molecule has 0 amide bonds. The number of aryl methyl sites for hydroxylation is 1. The van der Waals surface area contributed by atoms with E-state index in [1.54, 1.807) is 19.3 Å². The molecule has 1 aromatic heterocycles. The van der Waals surface area contributed by atoms with E-state index >= 15 is 0 Å². The molecule has 0 bridgehead atoms. The van der Waals surface area contributed by atoms with Gasteiger partial charge in [0.2, 0.25) is 0 Å². The highest BCUT2D eigenvalue weighted by atomic mass is 16.5. The molecule has 1 heterocycles. The molecular formula is C10H13N3O2.